The number of carbonyl (C=O) groups excluding carboxylic acids is 1. The number of hydrogen-bond acceptors (Lipinski definition) is 2. The van der Waals surface area contributed by atoms with E-state index in [0.717, 1.165) is 35.3 Å². The van der Waals surface area contributed by atoms with Crippen molar-refractivity contribution in [1.82, 2.24) is 0 Å². The largest absolute Gasteiger partial charge is 0.493 e. The van der Waals surface area contributed by atoms with E-state index in [1.54, 1.807) is 6.92 Å². The molecule has 0 aromatic heterocycles. The van der Waals surface area contributed by atoms with Gasteiger partial charge in [0.1, 0.15) is 5.75 Å². The maximum absolute atomic E-state index is 11.7. The lowest BCUT2D eigenvalue weighted by molar-refractivity contribution is 0.101. The molecule has 2 aromatic carbocycles. The molecular formula is C22H28O2. The van der Waals surface area contributed by atoms with Crippen molar-refractivity contribution < 1.29 is 9.53 Å². The van der Waals surface area contributed by atoms with Crippen molar-refractivity contribution in [2.75, 3.05) is 6.61 Å². The second kappa shape index (κ2) is 7.65. The first kappa shape index (κ1) is 18.3. The number of unbranched alkanes of at least 4 members (excludes halogenated alkanes) is 1. The Labute approximate surface area is 145 Å². The van der Waals surface area contributed by atoms with Crippen LogP contribution >= 0.6 is 0 Å². The number of Topliss-reactive ketones (excluding diaryl/α,β-unsaturated/α-hetero) is 1. The maximum Gasteiger partial charge on any atom is 0.159 e. The smallest absolute Gasteiger partial charge is 0.159 e. The summed E-state index contributed by atoms with van der Waals surface area (Å²) in [7, 11) is 0. The number of rotatable bonds is 6. The van der Waals surface area contributed by atoms with Gasteiger partial charge in [-0.25, -0.2) is 0 Å². The lowest BCUT2D eigenvalue weighted by atomic mass is 9.84. The van der Waals surface area contributed by atoms with Crippen LogP contribution < -0.4 is 4.74 Å². The molecule has 0 saturated carbocycles. The Hall–Kier alpha value is -2.09. The topological polar surface area (TPSA) is 26.3 Å². The van der Waals surface area contributed by atoms with E-state index >= 15 is 0 Å². The van der Waals surface area contributed by atoms with Gasteiger partial charge in [0.15, 0.2) is 5.78 Å². The molecule has 0 atom stereocenters. The number of hydrogen-bond donors (Lipinski definition) is 0. The monoisotopic (exact) mass is 324 g/mol. The summed E-state index contributed by atoms with van der Waals surface area (Å²) in [5, 5.41) is 0. The summed E-state index contributed by atoms with van der Waals surface area (Å²) in [4.78, 5) is 11.7. The highest BCUT2D eigenvalue weighted by Crippen LogP contribution is 2.39. The second-order valence-corrected chi connectivity index (χ2v) is 7.27. The van der Waals surface area contributed by atoms with Crippen LogP contribution in [-0.4, -0.2) is 12.4 Å². The quantitative estimate of drug-likeness (QED) is 0.479. The third-order valence-corrected chi connectivity index (χ3v) is 4.15. The van der Waals surface area contributed by atoms with Gasteiger partial charge in [0.2, 0.25) is 0 Å². The normalized spacial score (nSPS) is 11.4. The van der Waals surface area contributed by atoms with Gasteiger partial charge >= 0.3 is 0 Å². The molecule has 0 spiro atoms. The third kappa shape index (κ3) is 4.25. The lowest BCUT2D eigenvalue weighted by Crippen LogP contribution is -2.14. The Morgan fingerprint density at radius 1 is 1.08 bits per heavy atom. The highest BCUT2D eigenvalue weighted by molar-refractivity contribution is 5.95. The van der Waals surface area contributed by atoms with Gasteiger partial charge in [-0.2, -0.15) is 0 Å². The highest BCUT2D eigenvalue weighted by Gasteiger charge is 2.22. The molecule has 0 unspecified atom stereocenters. The van der Waals surface area contributed by atoms with Crippen molar-refractivity contribution in [2.24, 2.45) is 0 Å². The molecule has 128 valence electrons. The van der Waals surface area contributed by atoms with Gasteiger partial charge in [0.25, 0.3) is 0 Å². The van der Waals surface area contributed by atoms with Gasteiger partial charge in [-0.15, -0.1) is 0 Å². The first-order chi connectivity index (χ1) is 11.3. The standard InChI is InChI=1S/C22H28O2/c1-6-7-14-24-21-19(12-9-13-20(21)22(3,4)5)18-11-8-10-17(15-18)16(2)23/h8-13,15H,6-7,14H2,1-5H3. The summed E-state index contributed by atoms with van der Waals surface area (Å²) in [6.45, 7) is 11.1. The summed E-state index contributed by atoms with van der Waals surface area (Å²) >= 11 is 0. The molecule has 2 aromatic rings. The van der Waals surface area contributed by atoms with Crippen LogP contribution in [0.2, 0.25) is 0 Å². The van der Waals surface area contributed by atoms with Crippen LogP contribution in [0.4, 0.5) is 0 Å². The summed E-state index contributed by atoms with van der Waals surface area (Å²) in [6, 6.07) is 14.1. The highest BCUT2D eigenvalue weighted by atomic mass is 16.5. The lowest BCUT2D eigenvalue weighted by Gasteiger charge is -2.25. The van der Waals surface area contributed by atoms with Gasteiger partial charge in [-0.1, -0.05) is 70.5 Å². The van der Waals surface area contributed by atoms with Crippen LogP contribution in [0.15, 0.2) is 42.5 Å². The fourth-order valence-corrected chi connectivity index (χ4v) is 2.73. The van der Waals surface area contributed by atoms with Gasteiger partial charge in [0, 0.05) is 16.7 Å². The van der Waals surface area contributed by atoms with Crippen LogP contribution in [0.5, 0.6) is 5.75 Å². The van der Waals surface area contributed by atoms with E-state index in [1.165, 1.54) is 5.56 Å². The number of benzene rings is 2. The first-order valence-corrected chi connectivity index (χ1v) is 8.72. The molecule has 0 aliphatic heterocycles. The molecule has 2 heteroatoms. The molecule has 24 heavy (non-hydrogen) atoms. The van der Waals surface area contributed by atoms with Gasteiger partial charge in [0.05, 0.1) is 6.61 Å². The minimum absolute atomic E-state index is 0.00422. The minimum Gasteiger partial charge on any atom is -0.493 e. The number of para-hydroxylation sites is 1. The Balaban J connectivity index is 2.56. The molecule has 2 nitrogen and oxygen atoms in total. The van der Waals surface area contributed by atoms with E-state index in [1.807, 2.05) is 24.3 Å². The van der Waals surface area contributed by atoms with E-state index in [9.17, 15) is 4.79 Å². The van der Waals surface area contributed by atoms with E-state index in [-0.39, 0.29) is 11.2 Å². The Morgan fingerprint density at radius 3 is 2.42 bits per heavy atom. The maximum atomic E-state index is 11.7. The predicted molar refractivity (Wildman–Crippen MR) is 101 cm³/mol. The Kier molecular flexibility index (Phi) is 5.82. The third-order valence-electron chi connectivity index (χ3n) is 4.15. The minimum atomic E-state index is -0.00422. The van der Waals surface area contributed by atoms with E-state index in [2.05, 4.69) is 45.9 Å². The molecule has 0 fully saturated rings. The fraction of sp³-hybridized carbons (Fsp3) is 0.409. The summed E-state index contributed by atoms with van der Waals surface area (Å²) in [5.41, 5.74) is 4.01. The Bertz CT molecular complexity index is 708. The zero-order chi connectivity index (χ0) is 17.7. The average Bonchev–Trinajstić information content (AvgIpc) is 2.54. The second-order valence-electron chi connectivity index (χ2n) is 7.27. The summed E-state index contributed by atoms with van der Waals surface area (Å²) in [5.74, 6) is 1.02. The van der Waals surface area contributed by atoms with Crippen LogP contribution in [0.25, 0.3) is 11.1 Å². The number of carbonyl (C=O) groups is 1. The molecular weight excluding hydrogens is 296 g/mol. The molecule has 0 bridgehead atoms. The zero-order valence-electron chi connectivity index (χ0n) is 15.5. The first-order valence-electron chi connectivity index (χ1n) is 8.72. The van der Waals surface area contributed by atoms with E-state index in [0.29, 0.717) is 6.61 Å². The van der Waals surface area contributed by atoms with E-state index in [4.69, 9.17) is 4.74 Å². The van der Waals surface area contributed by atoms with Crippen molar-refractivity contribution in [3.05, 3.63) is 53.6 Å². The number of ether oxygens (including phenoxy) is 1. The van der Waals surface area contributed by atoms with Crippen molar-refractivity contribution in [3.8, 4) is 16.9 Å². The van der Waals surface area contributed by atoms with Crippen LogP contribution in [0.3, 0.4) is 0 Å². The van der Waals surface area contributed by atoms with Crippen molar-refractivity contribution >= 4 is 5.78 Å². The fourth-order valence-electron chi connectivity index (χ4n) is 2.73. The molecule has 0 aliphatic carbocycles. The summed E-state index contributed by atoms with van der Waals surface area (Å²) < 4.78 is 6.21. The zero-order valence-corrected chi connectivity index (χ0v) is 15.5. The molecule has 0 saturated heterocycles. The molecule has 0 N–H and O–H groups in total. The van der Waals surface area contributed by atoms with E-state index < -0.39 is 0 Å². The number of ketones is 1. The van der Waals surface area contributed by atoms with Gasteiger partial charge in [-0.3, -0.25) is 4.79 Å². The molecule has 0 aliphatic rings. The SMILES string of the molecule is CCCCOc1c(-c2cccc(C(C)=O)c2)cccc1C(C)(C)C. The van der Waals surface area contributed by atoms with Crippen LogP contribution in [0.1, 0.15) is 63.4 Å². The van der Waals surface area contributed by atoms with Gasteiger partial charge < -0.3 is 4.74 Å². The molecule has 0 radical (unpaired) electrons. The van der Waals surface area contributed by atoms with Gasteiger partial charge in [-0.05, 0) is 30.4 Å². The van der Waals surface area contributed by atoms with Crippen LogP contribution in [0, 0.1) is 0 Å². The van der Waals surface area contributed by atoms with Crippen molar-refractivity contribution in [2.45, 2.75) is 52.9 Å². The summed E-state index contributed by atoms with van der Waals surface area (Å²) in [6.07, 6.45) is 2.14. The average molecular weight is 324 g/mol. The van der Waals surface area contributed by atoms with Crippen molar-refractivity contribution in [3.63, 3.8) is 0 Å². The predicted octanol–water partition coefficient (Wildman–Crippen LogP) is 6.03. The molecule has 0 heterocycles. The molecule has 0 amide bonds. The van der Waals surface area contributed by atoms with Crippen LogP contribution in [-0.2, 0) is 5.41 Å². The molecule has 2 rings (SSSR count). The van der Waals surface area contributed by atoms with Crippen molar-refractivity contribution in [1.29, 1.82) is 0 Å². The Morgan fingerprint density at radius 2 is 1.79 bits per heavy atom.